The number of carbonyl (C=O) groups excluding carboxylic acids is 3. The summed E-state index contributed by atoms with van der Waals surface area (Å²) in [5, 5.41) is 26.5. The molecule has 1 saturated heterocycles. The highest BCUT2D eigenvalue weighted by molar-refractivity contribution is 8.13. The van der Waals surface area contributed by atoms with Crippen molar-refractivity contribution in [1.29, 1.82) is 0 Å². The first-order valence-corrected chi connectivity index (χ1v) is 28.2. The van der Waals surface area contributed by atoms with Crippen LogP contribution in [0.2, 0.25) is 0 Å². The quantitative estimate of drug-likeness (QED) is 0.0376. The molecule has 2 aromatic heterocycles. The molecule has 3 rings (SSSR count). The highest BCUT2D eigenvalue weighted by atomic mass is 32.2. The highest BCUT2D eigenvalue weighted by Gasteiger charge is 2.47. The van der Waals surface area contributed by atoms with Crippen LogP contribution >= 0.6 is 35.2 Å². The number of aliphatic hydroxyl groups is 2. The van der Waals surface area contributed by atoms with Gasteiger partial charge in [-0.05, 0) is 38.5 Å². The van der Waals surface area contributed by atoms with Gasteiger partial charge in [0.15, 0.2) is 22.8 Å². The molecule has 28 heteroatoms. The van der Waals surface area contributed by atoms with Gasteiger partial charge in [-0.15, -0.1) is 0 Å². The number of nitrogen functional groups attached to an aromatic ring is 1. The number of unbranched alkanes of at least 4 members (excludes halogenated alkanes) is 10. The van der Waals surface area contributed by atoms with Crippen LogP contribution in [0.1, 0.15) is 123 Å². The molecule has 1 aliphatic rings. The lowest BCUT2D eigenvalue weighted by atomic mass is 9.87. The lowest BCUT2D eigenvalue weighted by Crippen LogP contribution is -2.46. The number of amides is 2. The van der Waals surface area contributed by atoms with E-state index in [1.54, 1.807) is 0 Å². The second kappa shape index (κ2) is 30.2. The number of thioether (sulfide) groups is 1. The Morgan fingerprint density at radius 1 is 0.899 bits per heavy atom. The van der Waals surface area contributed by atoms with Crippen molar-refractivity contribution in [3.05, 3.63) is 37.0 Å². The number of carbonyl (C=O) groups is 3. The number of fused-ring (bicyclic) bond motifs is 1. The Morgan fingerprint density at radius 2 is 1.54 bits per heavy atom. The van der Waals surface area contributed by atoms with Gasteiger partial charge in [0.05, 0.1) is 27.4 Å². The number of hydrogen-bond acceptors (Lipinski definition) is 22. The zero-order valence-electron chi connectivity index (χ0n) is 39.1. The van der Waals surface area contributed by atoms with Crippen LogP contribution in [0.3, 0.4) is 0 Å². The predicted molar refractivity (Wildman–Crippen MR) is 247 cm³/mol. The van der Waals surface area contributed by atoms with Crippen LogP contribution < -0.4 is 35.9 Å². The number of imidazole rings is 1. The van der Waals surface area contributed by atoms with Crippen LogP contribution in [0.25, 0.3) is 11.2 Å². The van der Waals surface area contributed by atoms with Gasteiger partial charge >= 0.3 is 0 Å². The number of anilines is 1. The maximum Gasteiger partial charge on any atom is 0.274 e. The monoisotopic (exact) mass is 1050 g/mol. The molecular formula is C41H66N7O17P3S-4. The molecule has 0 aliphatic carbocycles. The standard InChI is InChI=1S/C41H70N7O17P3S/c1-4-5-6-7-8-9-10-11-12-13-14-15-16-17-18-19-20-21-32(50)69-25-24-43-31(49)22-23-44-39(53)36(52)41(2,3)27-62-68(59,60)65-67(57,58)61-26-30-35(64-66(54,55)56)34(51)40(63-30)48-29-47-33-37(42)45-28-46-38(33)48/h8-9,11-12,28-30,34-36,40,51-52H,4-7,10,13-27H2,1-3H3,(H,43,49)(H,44,53)(H,57,58)(H,59,60)(H2,42,45,46)(H2,54,55,56)/p-4/b9-8+,12-11+. The smallest absolute Gasteiger partial charge is 0.274 e. The molecule has 2 amide bonds. The van der Waals surface area contributed by atoms with E-state index in [0.717, 1.165) is 67.5 Å². The number of hydrogen-bond donors (Lipinski definition) is 5. The van der Waals surface area contributed by atoms with Crippen molar-refractivity contribution in [2.75, 3.05) is 37.8 Å². The van der Waals surface area contributed by atoms with Crippen LogP contribution in [-0.4, -0.2) is 103 Å². The summed E-state index contributed by atoms with van der Waals surface area (Å²) < 4.78 is 60.8. The fourth-order valence-corrected chi connectivity index (χ4v) is 10.2. The molecule has 392 valence electrons. The van der Waals surface area contributed by atoms with Crippen molar-refractivity contribution in [3.63, 3.8) is 0 Å². The molecule has 0 aromatic carbocycles. The summed E-state index contributed by atoms with van der Waals surface area (Å²) in [6.07, 6.45) is 16.6. The van der Waals surface area contributed by atoms with Crippen LogP contribution in [0, 0.1) is 5.41 Å². The van der Waals surface area contributed by atoms with Crippen molar-refractivity contribution in [3.8, 4) is 0 Å². The number of phosphoric ester groups is 3. The summed E-state index contributed by atoms with van der Waals surface area (Å²) in [7, 11) is -17.6. The van der Waals surface area contributed by atoms with E-state index < -0.39 is 84.6 Å². The maximum atomic E-state index is 12.6. The normalized spacial score (nSPS) is 20.1. The molecular weight excluding hydrogens is 987 g/mol. The zero-order chi connectivity index (χ0) is 51.1. The summed E-state index contributed by atoms with van der Waals surface area (Å²) in [5.41, 5.74) is 4.09. The fraction of sp³-hybridized carbons (Fsp3) is 0.707. The first-order valence-electron chi connectivity index (χ1n) is 22.8. The molecule has 69 heavy (non-hydrogen) atoms. The summed E-state index contributed by atoms with van der Waals surface area (Å²) in [4.78, 5) is 96.9. The van der Waals surface area contributed by atoms with Gasteiger partial charge in [0, 0.05) is 37.1 Å². The van der Waals surface area contributed by atoms with Crippen molar-refractivity contribution < 1.29 is 80.5 Å². The number of nitrogens with zero attached hydrogens (tertiary/aromatic N) is 4. The first-order chi connectivity index (χ1) is 32.6. The second-order valence-corrected chi connectivity index (χ2v) is 22.1. The average Bonchev–Trinajstić information content (AvgIpc) is 3.84. The average molecular weight is 1050 g/mol. The fourth-order valence-electron chi connectivity index (χ4n) is 6.78. The van der Waals surface area contributed by atoms with E-state index in [4.69, 9.17) is 10.5 Å². The Balaban J connectivity index is 1.28. The van der Waals surface area contributed by atoms with E-state index in [1.807, 2.05) is 0 Å². The van der Waals surface area contributed by atoms with Gasteiger partial charge in [-0.1, -0.05) is 102 Å². The summed E-state index contributed by atoms with van der Waals surface area (Å²) in [6, 6.07) is 0. The van der Waals surface area contributed by atoms with Gasteiger partial charge in [-0.2, -0.15) is 0 Å². The Hall–Kier alpha value is -2.96. The summed E-state index contributed by atoms with van der Waals surface area (Å²) in [5.74, 6) is -1.14. The number of allylic oxidation sites excluding steroid dienone is 4. The zero-order valence-corrected chi connectivity index (χ0v) is 42.6. The van der Waals surface area contributed by atoms with E-state index in [-0.39, 0.29) is 41.6 Å². The van der Waals surface area contributed by atoms with E-state index in [0.29, 0.717) is 12.2 Å². The largest absolute Gasteiger partial charge is 0.790 e. The predicted octanol–water partition coefficient (Wildman–Crippen LogP) is 2.73. The van der Waals surface area contributed by atoms with Gasteiger partial charge in [-0.25, -0.2) is 19.3 Å². The number of ether oxygens (including phenoxy) is 1. The van der Waals surface area contributed by atoms with Crippen LogP contribution in [0.5, 0.6) is 0 Å². The number of rotatable bonds is 35. The maximum absolute atomic E-state index is 12.6. The van der Waals surface area contributed by atoms with Crippen LogP contribution in [0.4, 0.5) is 5.82 Å². The van der Waals surface area contributed by atoms with E-state index in [9.17, 15) is 57.9 Å². The molecule has 6 N–H and O–H groups in total. The lowest BCUT2D eigenvalue weighted by molar-refractivity contribution is -0.347. The molecule has 0 saturated carbocycles. The van der Waals surface area contributed by atoms with Gasteiger partial charge in [0.2, 0.25) is 11.8 Å². The number of nitrogens with two attached hydrogens (primary N) is 1. The summed E-state index contributed by atoms with van der Waals surface area (Å²) >= 11 is 1.14. The molecule has 7 unspecified atom stereocenters. The lowest BCUT2D eigenvalue weighted by Gasteiger charge is -2.36. The van der Waals surface area contributed by atoms with Crippen LogP contribution in [-0.2, 0) is 50.7 Å². The minimum atomic E-state index is -5.92. The molecule has 1 aliphatic heterocycles. The van der Waals surface area contributed by atoms with Gasteiger partial charge in [-0.3, -0.25) is 28.1 Å². The Kier molecular flexibility index (Phi) is 26.4. The molecule has 0 radical (unpaired) electrons. The number of aromatic nitrogens is 4. The first kappa shape index (κ1) is 60.3. The third-order valence-electron chi connectivity index (χ3n) is 10.6. The third kappa shape index (κ3) is 23.0. The van der Waals surface area contributed by atoms with Crippen molar-refractivity contribution in [2.24, 2.45) is 5.41 Å². The molecule has 0 spiro atoms. The minimum Gasteiger partial charge on any atom is -0.790 e. The van der Waals surface area contributed by atoms with Crippen molar-refractivity contribution >= 4 is 69.1 Å². The highest BCUT2D eigenvalue weighted by Crippen LogP contribution is 2.56. The van der Waals surface area contributed by atoms with Gasteiger partial charge in [0.1, 0.15) is 36.3 Å². The molecule has 1 fully saturated rings. The van der Waals surface area contributed by atoms with E-state index in [2.05, 4.69) is 74.7 Å². The molecule has 24 nitrogen and oxygen atoms in total. The number of nitrogens with one attached hydrogen (secondary N) is 2. The van der Waals surface area contributed by atoms with E-state index in [1.165, 1.54) is 58.8 Å². The van der Waals surface area contributed by atoms with Crippen LogP contribution in [0.15, 0.2) is 37.0 Å². The second-order valence-electron chi connectivity index (χ2n) is 16.9. The molecule has 2 aromatic rings. The minimum absolute atomic E-state index is 0.0192. The third-order valence-corrected chi connectivity index (χ3v) is 14.5. The topological polar surface area (TPSA) is 375 Å². The Labute approximate surface area is 406 Å². The van der Waals surface area contributed by atoms with E-state index >= 15 is 0 Å². The number of aliphatic hydroxyl groups excluding tert-OH is 2. The Bertz CT molecular complexity index is 2130. The van der Waals surface area contributed by atoms with Gasteiger partial charge < -0.3 is 69.0 Å². The Morgan fingerprint density at radius 3 is 2.20 bits per heavy atom. The SMILES string of the molecule is CCCCC/C=C/C/C=C/CCCCCCCCCC(=O)SCCNC(=O)CCNC(=O)C(O)C(C)(C)COP(=O)([O-])OP(=O)([O-])OCC1OC(n2cnc3c(N)ncnc32)C(O)C1OP(=O)([O-])[O-]. The molecule has 0 bridgehead atoms. The van der Waals surface area contributed by atoms with Crippen molar-refractivity contribution in [2.45, 2.75) is 148 Å². The van der Waals surface area contributed by atoms with Gasteiger partial charge in [0.25, 0.3) is 15.6 Å². The number of phosphoric acid groups is 3. The van der Waals surface area contributed by atoms with Crippen molar-refractivity contribution in [1.82, 2.24) is 30.2 Å². The molecule has 7 atom stereocenters. The summed E-state index contributed by atoms with van der Waals surface area (Å²) in [6.45, 7) is 2.37. The molecule has 3 heterocycles.